The number of amides is 1. The molecule has 1 saturated heterocycles. The van der Waals surface area contributed by atoms with Crippen LogP contribution in [0.2, 0.25) is 0 Å². The molecule has 0 spiro atoms. The summed E-state index contributed by atoms with van der Waals surface area (Å²) in [5.41, 5.74) is 0. The minimum absolute atomic E-state index is 0.266. The Kier molecular flexibility index (Phi) is 3.11. The van der Waals surface area contributed by atoms with Gasteiger partial charge in [-0.3, -0.25) is 4.90 Å². The van der Waals surface area contributed by atoms with Gasteiger partial charge in [0.2, 0.25) is 0 Å². The van der Waals surface area contributed by atoms with Crippen LogP contribution in [0.15, 0.2) is 0 Å². The number of carboxylic acids is 1. The maximum Gasteiger partial charge on any atom is 0.410 e. The van der Waals surface area contributed by atoms with Gasteiger partial charge in [0, 0.05) is 6.42 Å². The number of ether oxygens (including phenoxy) is 1. The molecule has 1 aliphatic heterocycles. The molecular weight excluding hydrogens is 212 g/mol. The fourth-order valence-corrected chi connectivity index (χ4v) is 1.51. The number of hydrogen-bond donors (Lipinski definition) is 1. The van der Waals surface area contributed by atoms with E-state index in [1.165, 1.54) is 0 Å². The highest BCUT2D eigenvalue weighted by molar-refractivity contribution is 5.80. The standard InChI is InChI=1S/C8H11F2NO4/c1-15-7(14)11-4-8(9,10)3-2-5(11)6(12)13/h5H,2-4H2,1H3,(H,12,13)/t5-/m0/s1. The molecule has 7 heteroatoms. The van der Waals surface area contributed by atoms with Gasteiger partial charge in [-0.05, 0) is 6.42 Å². The maximum absolute atomic E-state index is 12.9. The van der Waals surface area contributed by atoms with Crippen molar-refractivity contribution in [3.05, 3.63) is 0 Å². The molecule has 86 valence electrons. The third kappa shape index (κ3) is 2.54. The van der Waals surface area contributed by atoms with Crippen LogP contribution in [0.1, 0.15) is 12.8 Å². The lowest BCUT2D eigenvalue weighted by Gasteiger charge is -2.35. The number of hydrogen-bond acceptors (Lipinski definition) is 3. The molecule has 0 radical (unpaired) electrons. The van der Waals surface area contributed by atoms with Crippen molar-refractivity contribution in [3.8, 4) is 0 Å². The van der Waals surface area contributed by atoms with Crippen molar-refractivity contribution in [2.45, 2.75) is 24.8 Å². The Morgan fingerprint density at radius 2 is 2.13 bits per heavy atom. The van der Waals surface area contributed by atoms with Gasteiger partial charge in [-0.25, -0.2) is 18.4 Å². The molecule has 15 heavy (non-hydrogen) atoms. The summed E-state index contributed by atoms with van der Waals surface area (Å²) in [6.07, 6.45) is -1.84. The molecule has 0 aromatic rings. The average molecular weight is 223 g/mol. The monoisotopic (exact) mass is 223 g/mol. The van der Waals surface area contributed by atoms with E-state index in [0.717, 1.165) is 7.11 Å². The van der Waals surface area contributed by atoms with Crippen LogP contribution in [-0.4, -0.2) is 47.7 Å². The second-order valence-electron chi connectivity index (χ2n) is 3.35. The van der Waals surface area contributed by atoms with Gasteiger partial charge in [-0.1, -0.05) is 0 Å². The van der Waals surface area contributed by atoms with Crippen molar-refractivity contribution in [2.24, 2.45) is 0 Å². The molecule has 0 aromatic heterocycles. The summed E-state index contributed by atoms with van der Waals surface area (Å²) in [7, 11) is 1.02. The maximum atomic E-state index is 12.9. The number of piperidine rings is 1. The molecule has 1 aliphatic rings. The predicted molar refractivity (Wildman–Crippen MR) is 44.7 cm³/mol. The number of alkyl halides is 2. The second kappa shape index (κ2) is 4.00. The van der Waals surface area contributed by atoms with Crippen molar-refractivity contribution in [1.82, 2.24) is 4.90 Å². The van der Waals surface area contributed by atoms with Gasteiger partial charge in [-0.15, -0.1) is 0 Å². The number of nitrogens with zero attached hydrogens (tertiary/aromatic N) is 1. The number of carbonyl (C=O) groups excluding carboxylic acids is 1. The zero-order valence-electron chi connectivity index (χ0n) is 8.07. The quantitative estimate of drug-likeness (QED) is 0.718. The Morgan fingerprint density at radius 1 is 1.53 bits per heavy atom. The minimum atomic E-state index is -3.04. The zero-order chi connectivity index (χ0) is 11.6. The van der Waals surface area contributed by atoms with Crippen LogP contribution in [0.3, 0.4) is 0 Å². The predicted octanol–water partition coefficient (Wildman–Crippen LogP) is 0.937. The highest BCUT2D eigenvalue weighted by Crippen LogP contribution is 2.30. The summed E-state index contributed by atoms with van der Waals surface area (Å²) in [5, 5.41) is 8.73. The van der Waals surface area contributed by atoms with Crippen molar-refractivity contribution in [3.63, 3.8) is 0 Å². The Hall–Kier alpha value is -1.40. The lowest BCUT2D eigenvalue weighted by atomic mass is 10.00. The van der Waals surface area contributed by atoms with Gasteiger partial charge in [0.25, 0.3) is 5.92 Å². The van der Waals surface area contributed by atoms with Crippen LogP contribution < -0.4 is 0 Å². The molecular formula is C8H11F2NO4. The SMILES string of the molecule is COC(=O)N1CC(F)(F)CC[C@H]1C(=O)O. The fourth-order valence-electron chi connectivity index (χ4n) is 1.51. The van der Waals surface area contributed by atoms with E-state index in [1.54, 1.807) is 0 Å². The number of aliphatic carboxylic acids is 1. The van der Waals surface area contributed by atoms with Crippen molar-refractivity contribution in [2.75, 3.05) is 13.7 Å². The zero-order valence-corrected chi connectivity index (χ0v) is 8.07. The molecule has 5 nitrogen and oxygen atoms in total. The van der Waals surface area contributed by atoms with Crippen molar-refractivity contribution >= 4 is 12.1 Å². The molecule has 1 fully saturated rings. The van der Waals surface area contributed by atoms with Crippen LogP contribution in [0.4, 0.5) is 13.6 Å². The van der Waals surface area contributed by atoms with Gasteiger partial charge in [0.1, 0.15) is 6.04 Å². The third-order valence-electron chi connectivity index (χ3n) is 2.26. The van der Waals surface area contributed by atoms with Crippen LogP contribution in [0.25, 0.3) is 0 Å². The van der Waals surface area contributed by atoms with Gasteiger partial charge < -0.3 is 9.84 Å². The lowest BCUT2D eigenvalue weighted by Crippen LogP contribution is -2.54. The molecule has 1 heterocycles. The Bertz CT molecular complexity index is 282. The second-order valence-corrected chi connectivity index (χ2v) is 3.35. The van der Waals surface area contributed by atoms with Gasteiger partial charge in [0.05, 0.1) is 13.7 Å². The first-order valence-corrected chi connectivity index (χ1v) is 4.32. The topological polar surface area (TPSA) is 66.8 Å². The number of carbonyl (C=O) groups is 2. The third-order valence-corrected chi connectivity index (χ3v) is 2.26. The largest absolute Gasteiger partial charge is 0.480 e. The number of carboxylic acid groups (broad SMARTS) is 1. The smallest absolute Gasteiger partial charge is 0.410 e. The molecule has 1 N–H and O–H groups in total. The first-order chi connectivity index (χ1) is 6.87. The number of rotatable bonds is 1. The Morgan fingerprint density at radius 3 is 2.60 bits per heavy atom. The van der Waals surface area contributed by atoms with E-state index in [0.29, 0.717) is 4.90 Å². The molecule has 1 amide bonds. The highest BCUT2D eigenvalue weighted by atomic mass is 19.3. The fraction of sp³-hybridized carbons (Fsp3) is 0.750. The van der Waals surface area contributed by atoms with Crippen LogP contribution >= 0.6 is 0 Å². The molecule has 0 saturated carbocycles. The molecule has 0 aliphatic carbocycles. The van der Waals surface area contributed by atoms with E-state index in [4.69, 9.17) is 5.11 Å². The number of methoxy groups -OCH3 is 1. The number of likely N-dealkylation sites (tertiary alicyclic amines) is 1. The molecule has 0 bridgehead atoms. The Labute approximate surface area is 84.6 Å². The first-order valence-electron chi connectivity index (χ1n) is 4.32. The van der Waals surface area contributed by atoms with Crippen LogP contribution in [0, 0.1) is 0 Å². The van der Waals surface area contributed by atoms with Gasteiger partial charge >= 0.3 is 12.1 Å². The van der Waals surface area contributed by atoms with E-state index in [1.807, 2.05) is 0 Å². The Balaban J connectivity index is 2.83. The summed E-state index contributed by atoms with van der Waals surface area (Å²) in [5.74, 6) is -4.34. The summed E-state index contributed by atoms with van der Waals surface area (Å²) in [4.78, 5) is 22.3. The van der Waals surface area contributed by atoms with E-state index >= 15 is 0 Å². The van der Waals surface area contributed by atoms with Crippen LogP contribution in [-0.2, 0) is 9.53 Å². The number of halogens is 2. The molecule has 0 unspecified atom stereocenters. The minimum Gasteiger partial charge on any atom is -0.480 e. The summed E-state index contributed by atoms with van der Waals surface area (Å²) < 4.78 is 30.1. The summed E-state index contributed by atoms with van der Waals surface area (Å²) >= 11 is 0. The van der Waals surface area contributed by atoms with Gasteiger partial charge in [-0.2, -0.15) is 0 Å². The van der Waals surface area contributed by atoms with E-state index in [9.17, 15) is 18.4 Å². The molecule has 0 aromatic carbocycles. The van der Waals surface area contributed by atoms with E-state index in [-0.39, 0.29) is 6.42 Å². The van der Waals surface area contributed by atoms with Crippen molar-refractivity contribution < 1.29 is 28.2 Å². The van der Waals surface area contributed by atoms with E-state index in [2.05, 4.69) is 4.74 Å². The van der Waals surface area contributed by atoms with Crippen molar-refractivity contribution in [1.29, 1.82) is 0 Å². The molecule has 1 atom stereocenters. The first kappa shape index (κ1) is 11.7. The molecule has 1 rings (SSSR count). The van der Waals surface area contributed by atoms with Crippen LogP contribution in [0.5, 0.6) is 0 Å². The highest BCUT2D eigenvalue weighted by Gasteiger charge is 2.45. The average Bonchev–Trinajstić information content (AvgIpc) is 2.14. The normalized spacial score (nSPS) is 24.7. The lowest BCUT2D eigenvalue weighted by molar-refractivity contribution is -0.149. The van der Waals surface area contributed by atoms with E-state index < -0.39 is 37.0 Å². The summed E-state index contributed by atoms with van der Waals surface area (Å²) in [6, 6.07) is -1.22. The van der Waals surface area contributed by atoms with Gasteiger partial charge in [0.15, 0.2) is 0 Å². The summed E-state index contributed by atoms with van der Waals surface area (Å²) in [6.45, 7) is -0.906.